The molecule has 0 unspecified atom stereocenters. The standard InChI is InChI=1S/C26H24NOS.C14H14N.Ir/c1-14-13-27-20(12-19(14)26(4,5)6)17-8-7-9-18-24-21(28-25(17)18)10-11-22-23(24)15(2)16(3)29-22;1-10-4-6-13(7-5-10)14-8-11(2)12(3)9-15-14;/h7,9-13H,1-6H3;4-6,8-9H,1-3H3;/q2*-1;. The van der Waals surface area contributed by atoms with Crippen LogP contribution in [0, 0.1) is 53.7 Å². The summed E-state index contributed by atoms with van der Waals surface area (Å²) in [6.07, 6.45) is 3.88. The molecule has 0 atom stereocenters. The summed E-state index contributed by atoms with van der Waals surface area (Å²) >= 11 is 1.85. The largest absolute Gasteiger partial charge is 0.501 e. The normalized spacial score (nSPS) is 11.5. The van der Waals surface area contributed by atoms with E-state index in [0.717, 1.165) is 39.1 Å². The molecule has 4 heterocycles. The average molecular weight is 787 g/mol. The van der Waals surface area contributed by atoms with Gasteiger partial charge in [0.05, 0.1) is 5.58 Å². The van der Waals surface area contributed by atoms with Gasteiger partial charge in [-0.2, -0.15) is 0 Å². The molecule has 0 aliphatic rings. The van der Waals surface area contributed by atoms with E-state index in [1.54, 1.807) is 0 Å². The van der Waals surface area contributed by atoms with Gasteiger partial charge >= 0.3 is 0 Å². The number of aromatic nitrogens is 2. The Labute approximate surface area is 284 Å². The number of furan rings is 1. The first-order chi connectivity index (χ1) is 20.9. The number of benzene rings is 3. The predicted molar refractivity (Wildman–Crippen MR) is 187 cm³/mol. The third-order valence-corrected chi connectivity index (χ3v) is 9.68. The number of rotatable bonds is 2. The van der Waals surface area contributed by atoms with Crippen molar-refractivity contribution in [2.45, 2.75) is 67.7 Å². The summed E-state index contributed by atoms with van der Waals surface area (Å²) in [6.45, 7) is 19.5. The van der Waals surface area contributed by atoms with Crippen LogP contribution in [0.5, 0.6) is 0 Å². The first kappa shape index (κ1) is 32.8. The molecule has 7 aromatic rings. The molecule has 0 aliphatic heterocycles. The van der Waals surface area contributed by atoms with Crippen molar-refractivity contribution in [3.8, 4) is 22.5 Å². The number of aryl methyl sites for hydroxylation is 6. The van der Waals surface area contributed by atoms with Gasteiger partial charge in [-0.25, -0.2) is 0 Å². The Bertz CT molecular complexity index is 2160. The first-order valence-corrected chi connectivity index (χ1v) is 15.9. The zero-order valence-electron chi connectivity index (χ0n) is 27.4. The van der Waals surface area contributed by atoms with E-state index in [0.29, 0.717) is 0 Å². The van der Waals surface area contributed by atoms with E-state index >= 15 is 0 Å². The van der Waals surface area contributed by atoms with E-state index in [-0.39, 0.29) is 25.5 Å². The molecular formula is C40H38IrN2OS-2. The van der Waals surface area contributed by atoms with Crippen LogP contribution in [0.2, 0.25) is 0 Å². The van der Waals surface area contributed by atoms with Gasteiger partial charge in [0.1, 0.15) is 5.58 Å². The minimum Gasteiger partial charge on any atom is -0.501 e. The molecule has 0 amide bonds. The zero-order valence-corrected chi connectivity index (χ0v) is 30.6. The molecule has 0 N–H and O–H groups in total. The molecule has 0 aliphatic carbocycles. The van der Waals surface area contributed by atoms with E-state index in [1.807, 2.05) is 35.9 Å². The van der Waals surface area contributed by atoms with Crippen LogP contribution in [-0.2, 0) is 25.5 Å². The van der Waals surface area contributed by atoms with Gasteiger partial charge in [0.25, 0.3) is 0 Å². The predicted octanol–water partition coefficient (Wildman–Crippen LogP) is 11.4. The average Bonchev–Trinajstić information content (AvgIpc) is 3.51. The van der Waals surface area contributed by atoms with Crippen LogP contribution >= 0.6 is 11.3 Å². The summed E-state index contributed by atoms with van der Waals surface area (Å²) in [7, 11) is 0. The summed E-state index contributed by atoms with van der Waals surface area (Å²) in [4.78, 5) is 10.5. The quantitative estimate of drug-likeness (QED) is 0.164. The number of hydrogen-bond acceptors (Lipinski definition) is 4. The van der Waals surface area contributed by atoms with Crippen molar-refractivity contribution < 1.29 is 24.5 Å². The fourth-order valence-electron chi connectivity index (χ4n) is 5.78. The molecule has 3 nitrogen and oxygen atoms in total. The molecule has 5 heteroatoms. The Morgan fingerprint density at radius 3 is 2.18 bits per heavy atom. The number of pyridine rings is 2. The Morgan fingerprint density at radius 2 is 1.49 bits per heavy atom. The third-order valence-electron chi connectivity index (χ3n) is 8.51. The van der Waals surface area contributed by atoms with Crippen LogP contribution in [-0.4, -0.2) is 9.97 Å². The first-order valence-electron chi connectivity index (χ1n) is 15.1. The molecule has 0 fully saturated rings. The van der Waals surface area contributed by atoms with Gasteiger partial charge in [-0.1, -0.05) is 56.3 Å². The maximum Gasteiger partial charge on any atom is 0.121 e. The molecule has 7 rings (SSSR count). The van der Waals surface area contributed by atoms with Crippen molar-refractivity contribution in [3.63, 3.8) is 0 Å². The smallest absolute Gasteiger partial charge is 0.121 e. The summed E-state index contributed by atoms with van der Waals surface area (Å²) in [6, 6.07) is 25.5. The fourth-order valence-corrected chi connectivity index (χ4v) is 6.86. The number of fused-ring (bicyclic) bond motifs is 5. The van der Waals surface area contributed by atoms with Crippen molar-refractivity contribution in [3.05, 3.63) is 117 Å². The Balaban J connectivity index is 0.000000212. The summed E-state index contributed by atoms with van der Waals surface area (Å²) in [5.41, 5.74) is 13.3. The van der Waals surface area contributed by atoms with Crippen LogP contribution in [0.1, 0.15) is 59.0 Å². The van der Waals surface area contributed by atoms with Crippen LogP contribution in [0.3, 0.4) is 0 Å². The molecule has 231 valence electrons. The molecule has 1 radical (unpaired) electrons. The fraction of sp³-hybridized carbons (Fsp3) is 0.250. The summed E-state index contributed by atoms with van der Waals surface area (Å²) in [5, 5.41) is 3.66. The second-order valence-electron chi connectivity index (χ2n) is 12.9. The van der Waals surface area contributed by atoms with Gasteiger partial charge in [0.15, 0.2) is 0 Å². The third kappa shape index (κ3) is 6.27. The maximum absolute atomic E-state index is 6.40. The van der Waals surface area contributed by atoms with E-state index in [9.17, 15) is 0 Å². The summed E-state index contributed by atoms with van der Waals surface area (Å²) in [5.74, 6) is 0. The van der Waals surface area contributed by atoms with Gasteiger partial charge in [-0.05, 0) is 85.8 Å². The van der Waals surface area contributed by atoms with Gasteiger partial charge in [0, 0.05) is 52.8 Å². The van der Waals surface area contributed by atoms with Crippen LogP contribution in [0.25, 0.3) is 54.5 Å². The Kier molecular flexibility index (Phi) is 9.20. The van der Waals surface area contributed by atoms with E-state index in [2.05, 4.69) is 122 Å². The van der Waals surface area contributed by atoms with Gasteiger partial charge in [-0.15, -0.1) is 64.9 Å². The second-order valence-corrected chi connectivity index (χ2v) is 14.1. The minimum absolute atomic E-state index is 0. The van der Waals surface area contributed by atoms with Crippen LogP contribution in [0.15, 0.2) is 71.4 Å². The Morgan fingerprint density at radius 1 is 0.756 bits per heavy atom. The topological polar surface area (TPSA) is 38.9 Å². The molecule has 0 spiro atoms. The van der Waals surface area contributed by atoms with Crippen molar-refractivity contribution >= 4 is 43.4 Å². The molecule has 45 heavy (non-hydrogen) atoms. The monoisotopic (exact) mass is 787 g/mol. The zero-order chi connectivity index (χ0) is 31.3. The molecule has 0 saturated heterocycles. The van der Waals surface area contributed by atoms with E-state index < -0.39 is 0 Å². The van der Waals surface area contributed by atoms with E-state index in [1.165, 1.54) is 53.7 Å². The van der Waals surface area contributed by atoms with Crippen LogP contribution < -0.4 is 0 Å². The van der Waals surface area contributed by atoms with Crippen molar-refractivity contribution in [1.29, 1.82) is 0 Å². The SMILES string of the molecule is Cc1c[c-]c(-c2cc(C)c(C)cn2)cc1.Cc1cnc(-c2[c-]ccc3c2oc2ccc4sc(C)c(C)c4c23)cc1C(C)(C)C.[Ir]. The van der Waals surface area contributed by atoms with Crippen molar-refractivity contribution in [2.75, 3.05) is 0 Å². The number of nitrogens with zero attached hydrogens (tertiary/aromatic N) is 2. The number of hydrogen-bond donors (Lipinski definition) is 0. The minimum atomic E-state index is 0. The van der Waals surface area contributed by atoms with Gasteiger partial charge in [0.2, 0.25) is 0 Å². The molecule has 0 saturated carbocycles. The van der Waals surface area contributed by atoms with E-state index in [4.69, 9.17) is 9.40 Å². The van der Waals surface area contributed by atoms with Gasteiger partial charge in [-0.3, -0.25) is 0 Å². The summed E-state index contributed by atoms with van der Waals surface area (Å²) < 4.78 is 7.71. The van der Waals surface area contributed by atoms with Crippen molar-refractivity contribution in [2.24, 2.45) is 0 Å². The molecular weight excluding hydrogens is 749 g/mol. The second kappa shape index (κ2) is 12.6. The van der Waals surface area contributed by atoms with Crippen LogP contribution in [0.4, 0.5) is 0 Å². The van der Waals surface area contributed by atoms with Gasteiger partial charge < -0.3 is 14.4 Å². The Hall–Kier alpha value is -3.63. The molecule has 0 bridgehead atoms. The molecule has 4 aromatic heterocycles. The number of thiophene rings is 1. The maximum atomic E-state index is 6.40. The molecule has 3 aromatic carbocycles. The van der Waals surface area contributed by atoms with Crippen molar-refractivity contribution in [1.82, 2.24) is 9.97 Å².